The van der Waals surface area contributed by atoms with E-state index in [1.165, 1.54) is 6.08 Å². The molecule has 0 N–H and O–H groups in total. The number of carbonyl (C=O) groups excluding carboxylic acids is 1. The molecule has 0 aliphatic rings. The summed E-state index contributed by atoms with van der Waals surface area (Å²) in [6.07, 6.45) is 1.38. The molecule has 0 aliphatic carbocycles. The van der Waals surface area contributed by atoms with Gasteiger partial charge in [0.1, 0.15) is 11.6 Å². The number of benzene rings is 1. The van der Waals surface area contributed by atoms with Crippen LogP contribution in [0.1, 0.15) is 10.4 Å². The topological polar surface area (TPSA) is 40.9 Å². The third-order valence-electron chi connectivity index (χ3n) is 2.53. The van der Waals surface area contributed by atoms with E-state index >= 15 is 0 Å². The summed E-state index contributed by atoms with van der Waals surface area (Å²) in [6, 6.07) is 10.4. The van der Waals surface area contributed by atoms with Crippen molar-refractivity contribution in [3.05, 3.63) is 70.8 Å². The number of thiocarbonyl (C=S) groups is 2. The van der Waals surface area contributed by atoms with E-state index in [0.29, 0.717) is 10.0 Å². The number of nitriles is 1. The molecule has 1 rings (SSSR count). The Labute approximate surface area is 142 Å². The van der Waals surface area contributed by atoms with E-state index in [0.717, 1.165) is 0 Å². The Bertz CT molecular complexity index is 712. The second kappa shape index (κ2) is 7.89. The molecule has 1 aromatic rings. The first-order valence-electron chi connectivity index (χ1n) is 5.74. The third-order valence-corrected chi connectivity index (χ3v) is 4.01. The van der Waals surface area contributed by atoms with Crippen molar-refractivity contribution >= 4 is 55.9 Å². The Morgan fingerprint density at radius 1 is 1.29 bits per heavy atom. The molecule has 21 heavy (non-hydrogen) atoms. The van der Waals surface area contributed by atoms with E-state index in [2.05, 4.69) is 29.1 Å². The summed E-state index contributed by atoms with van der Waals surface area (Å²) in [7, 11) is 0. The average Bonchev–Trinajstić information content (AvgIpc) is 2.51. The summed E-state index contributed by atoms with van der Waals surface area (Å²) >= 11 is 13.5. The molecule has 5 heteroatoms. The highest BCUT2D eigenvalue weighted by molar-refractivity contribution is 9.12. The lowest BCUT2D eigenvalue weighted by Crippen LogP contribution is -2.15. The zero-order valence-corrected chi connectivity index (χ0v) is 14.1. The van der Waals surface area contributed by atoms with E-state index in [1.807, 2.05) is 6.07 Å². The van der Waals surface area contributed by atoms with Gasteiger partial charge in [0, 0.05) is 20.5 Å². The SMILES string of the molecule is C=CC(=S)C(C(=S)C(=C)Br)=C(C#N)C(=O)c1ccccc1. The first kappa shape index (κ1) is 17.3. The van der Waals surface area contributed by atoms with E-state index in [9.17, 15) is 10.1 Å². The number of nitrogens with zero attached hydrogens (tertiary/aromatic N) is 1. The second-order valence-corrected chi connectivity index (χ2v) is 5.66. The lowest BCUT2D eigenvalue weighted by atomic mass is 9.95. The van der Waals surface area contributed by atoms with Crippen molar-refractivity contribution in [1.82, 2.24) is 0 Å². The van der Waals surface area contributed by atoms with Gasteiger partial charge in [-0.2, -0.15) is 5.26 Å². The summed E-state index contributed by atoms with van der Waals surface area (Å²) in [5, 5.41) is 9.38. The highest BCUT2D eigenvalue weighted by Crippen LogP contribution is 2.21. The molecule has 0 amide bonds. The van der Waals surface area contributed by atoms with Crippen molar-refractivity contribution < 1.29 is 4.79 Å². The predicted octanol–water partition coefficient (Wildman–Crippen LogP) is 4.52. The number of allylic oxidation sites excluding steroid dienone is 4. The number of hydrogen-bond donors (Lipinski definition) is 0. The van der Waals surface area contributed by atoms with Crippen LogP contribution in [0, 0.1) is 11.3 Å². The van der Waals surface area contributed by atoms with Crippen LogP contribution in [0.2, 0.25) is 0 Å². The smallest absolute Gasteiger partial charge is 0.204 e. The van der Waals surface area contributed by atoms with Crippen LogP contribution in [-0.4, -0.2) is 15.5 Å². The molecule has 0 heterocycles. The highest BCUT2D eigenvalue weighted by atomic mass is 79.9. The Kier molecular flexibility index (Phi) is 6.50. The van der Waals surface area contributed by atoms with Gasteiger partial charge in [0.2, 0.25) is 5.78 Å². The van der Waals surface area contributed by atoms with Gasteiger partial charge in [0.25, 0.3) is 0 Å². The first-order chi connectivity index (χ1) is 9.93. The number of rotatable bonds is 6. The molecule has 0 bridgehead atoms. The van der Waals surface area contributed by atoms with Crippen LogP contribution in [0.5, 0.6) is 0 Å². The van der Waals surface area contributed by atoms with E-state index in [1.54, 1.807) is 30.3 Å². The van der Waals surface area contributed by atoms with Gasteiger partial charge in [-0.3, -0.25) is 4.79 Å². The minimum Gasteiger partial charge on any atom is -0.288 e. The molecule has 0 radical (unpaired) electrons. The standard InChI is InChI=1S/C16H10BrNOS2/c1-3-13(20)14(16(21)10(2)17)12(9-18)15(19)11-7-5-4-6-8-11/h3-8H,1-2H2. The van der Waals surface area contributed by atoms with E-state index in [4.69, 9.17) is 24.4 Å². The quantitative estimate of drug-likeness (QED) is 0.317. The maximum Gasteiger partial charge on any atom is 0.204 e. The maximum atomic E-state index is 12.5. The minimum atomic E-state index is -0.437. The van der Waals surface area contributed by atoms with Gasteiger partial charge in [0.15, 0.2) is 0 Å². The van der Waals surface area contributed by atoms with Gasteiger partial charge in [-0.25, -0.2) is 0 Å². The maximum absolute atomic E-state index is 12.5. The van der Waals surface area contributed by atoms with Crippen molar-refractivity contribution in [3.63, 3.8) is 0 Å². The monoisotopic (exact) mass is 375 g/mol. The number of ketones is 1. The summed E-state index contributed by atoms with van der Waals surface area (Å²) in [6.45, 7) is 7.24. The summed E-state index contributed by atoms with van der Waals surface area (Å²) in [4.78, 5) is 12.9. The van der Waals surface area contributed by atoms with Gasteiger partial charge < -0.3 is 0 Å². The molecule has 0 aliphatic heterocycles. The number of halogens is 1. The normalized spacial score (nSPS) is 10.9. The van der Waals surface area contributed by atoms with Crippen molar-refractivity contribution in [2.24, 2.45) is 0 Å². The number of hydrogen-bond acceptors (Lipinski definition) is 4. The fourth-order valence-corrected chi connectivity index (χ4v) is 2.22. The highest BCUT2D eigenvalue weighted by Gasteiger charge is 2.22. The molecule has 0 fully saturated rings. The molecule has 0 saturated carbocycles. The fraction of sp³-hybridized carbons (Fsp3) is 0. The lowest BCUT2D eigenvalue weighted by molar-refractivity contribution is 0.103. The number of carbonyl (C=O) groups is 1. The molecular formula is C16H10BrNOS2. The van der Waals surface area contributed by atoms with E-state index in [-0.39, 0.29) is 20.9 Å². The lowest BCUT2D eigenvalue weighted by Gasteiger charge is -2.10. The molecular weight excluding hydrogens is 366 g/mol. The summed E-state index contributed by atoms with van der Waals surface area (Å²) in [5.41, 5.74) is 0.478. The van der Waals surface area contributed by atoms with E-state index < -0.39 is 5.78 Å². The van der Waals surface area contributed by atoms with Crippen LogP contribution in [0.3, 0.4) is 0 Å². The van der Waals surface area contributed by atoms with Crippen LogP contribution in [0.4, 0.5) is 0 Å². The number of Topliss-reactive ketones (excluding diaryl/α,β-unsaturated/α-hetero) is 1. The van der Waals surface area contributed by atoms with Crippen LogP contribution in [0.15, 0.2) is 65.2 Å². The minimum absolute atomic E-state index is 0.114. The molecule has 2 nitrogen and oxygen atoms in total. The van der Waals surface area contributed by atoms with Crippen LogP contribution >= 0.6 is 40.4 Å². The zero-order chi connectivity index (χ0) is 16.0. The molecule has 0 aromatic heterocycles. The zero-order valence-electron chi connectivity index (χ0n) is 10.9. The van der Waals surface area contributed by atoms with Gasteiger partial charge in [-0.1, -0.05) is 74.0 Å². The van der Waals surface area contributed by atoms with Gasteiger partial charge in [-0.05, 0) is 15.9 Å². The molecule has 0 atom stereocenters. The predicted molar refractivity (Wildman–Crippen MR) is 96.9 cm³/mol. The average molecular weight is 376 g/mol. The molecule has 0 spiro atoms. The van der Waals surface area contributed by atoms with Crippen molar-refractivity contribution in [3.8, 4) is 6.07 Å². The van der Waals surface area contributed by atoms with Gasteiger partial charge >= 0.3 is 0 Å². The van der Waals surface area contributed by atoms with Crippen LogP contribution < -0.4 is 0 Å². The summed E-state index contributed by atoms with van der Waals surface area (Å²) < 4.78 is 0.380. The Balaban J connectivity index is 3.54. The third kappa shape index (κ3) is 4.11. The second-order valence-electron chi connectivity index (χ2n) is 3.86. The van der Waals surface area contributed by atoms with Gasteiger partial charge in [-0.15, -0.1) is 0 Å². The Hall–Kier alpha value is -1.74. The van der Waals surface area contributed by atoms with Crippen molar-refractivity contribution in [2.75, 3.05) is 0 Å². The van der Waals surface area contributed by atoms with Crippen LogP contribution in [-0.2, 0) is 0 Å². The molecule has 0 saturated heterocycles. The largest absolute Gasteiger partial charge is 0.288 e. The van der Waals surface area contributed by atoms with Gasteiger partial charge in [0.05, 0.1) is 4.86 Å². The van der Waals surface area contributed by atoms with Crippen molar-refractivity contribution in [2.45, 2.75) is 0 Å². The fourth-order valence-electron chi connectivity index (χ4n) is 1.54. The molecule has 0 unspecified atom stereocenters. The van der Waals surface area contributed by atoms with Crippen molar-refractivity contribution in [1.29, 1.82) is 5.26 Å². The Morgan fingerprint density at radius 3 is 2.29 bits per heavy atom. The Morgan fingerprint density at radius 2 is 1.86 bits per heavy atom. The molecule has 104 valence electrons. The van der Waals surface area contributed by atoms with Crippen LogP contribution in [0.25, 0.3) is 0 Å². The summed E-state index contributed by atoms with van der Waals surface area (Å²) in [5.74, 6) is -0.437. The first-order valence-corrected chi connectivity index (χ1v) is 7.35. The molecule has 1 aromatic carbocycles.